The van der Waals surface area contributed by atoms with Gasteiger partial charge in [-0.2, -0.15) is 9.78 Å². The topological polar surface area (TPSA) is 174 Å². The minimum atomic E-state index is -0.585. The van der Waals surface area contributed by atoms with E-state index in [4.69, 9.17) is 10.5 Å². The number of para-hydroxylation sites is 1. The number of nitrogens with zero attached hydrogens (tertiary/aromatic N) is 6. The molecule has 1 aliphatic rings. The molecule has 0 radical (unpaired) electrons. The van der Waals surface area contributed by atoms with E-state index in [9.17, 15) is 9.90 Å². The van der Waals surface area contributed by atoms with Crippen molar-refractivity contribution >= 4 is 17.9 Å². The Labute approximate surface area is 170 Å². The van der Waals surface area contributed by atoms with Crippen molar-refractivity contribution in [3.63, 3.8) is 0 Å². The summed E-state index contributed by atoms with van der Waals surface area (Å²) in [5.74, 6) is -0.617. The second kappa shape index (κ2) is 8.67. The Hall–Kier alpha value is -3.84. The Morgan fingerprint density at radius 2 is 2.13 bits per heavy atom. The number of carbonyl (C=O) groups excluding carboxylic acids is 1. The molecular weight excluding hydrogens is 394 g/mol. The van der Waals surface area contributed by atoms with E-state index in [1.807, 2.05) is 0 Å². The largest absolute Gasteiger partial charge is 0.872 e. The summed E-state index contributed by atoms with van der Waals surface area (Å²) in [4.78, 5) is 13.9. The van der Waals surface area contributed by atoms with Crippen molar-refractivity contribution < 1.29 is 24.2 Å². The van der Waals surface area contributed by atoms with Gasteiger partial charge in [0.25, 0.3) is 5.91 Å². The molecule has 0 bridgehead atoms. The molecule has 4 N–H and O–H groups in total. The van der Waals surface area contributed by atoms with Crippen LogP contribution in [0.5, 0.6) is 5.75 Å². The fourth-order valence-corrected chi connectivity index (χ4v) is 3.02. The van der Waals surface area contributed by atoms with Gasteiger partial charge in [0, 0.05) is 0 Å². The van der Waals surface area contributed by atoms with Crippen molar-refractivity contribution in [2.24, 2.45) is 5.10 Å². The molecule has 3 aromatic rings. The molecule has 4 rings (SSSR count). The van der Waals surface area contributed by atoms with Crippen molar-refractivity contribution in [1.82, 2.24) is 30.7 Å². The molecule has 30 heavy (non-hydrogen) atoms. The van der Waals surface area contributed by atoms with Gasteiger partial charge in [0.1, 0.15) is 25.3 Å². The zero-order valence-electron chi connectivity index (χ0n) is 15.8. The predicted molar refractivity (Wildman–Crippen MR) is 99.8 cm³/mol. The zero-order valence-corrected chi connectivity index (χ0v) is 15.8. The van der Waals surface area contributed by atoms with Crippen LogP contribution in [-0.4, -0.2) is 63.7 Å². The number of ether oxygens (including phenoxy) is 1. The first kappa shape index (κ1) is 19.5. The molecule has 0 saturated carbocycles. The standard InChI is InChI=1S/C17H19N9O4/c18-15-16(23-30-22-15)26-12(10-25-5-7-29-8-6-25)14(20-24-26)17(28)21-19-9-11-3-1-2-4-13(11)27/h1-4,9,27H,5-8,10H2,(H2,18,22)(H,21,28)/b19-9+. The third-order valence-corrected chi connectivity index (χ3v) is 4.58. The van der Waals surface area contributed by atoms with Gasteiger partial charge in [0.2, 0.25) is 11.6 Å². The van der Waals surface area contributed by atoms with Crippen LogP contribution >= 0.6 is 0 Å². The van der Waals surface area contributed by atoms with Gasteiger partial charge in [-0.1, -0.05) is 35.2 Å². The molecular formula is C17H19N9O4. The van der Waals surface area contributed by atoms with E-state index in [0.717, 1.165) is 13.1 Å². The van der Waals surface area contributed by atoms with Gasteiger partial charge in [-0.05, 0) is 15.9 Å². The summed E-state index contributed by atoms with van der Waals surface area (Å²) in [5.41, 5.74) is 9.04. The van der Waals surface area contributed by atoms with Gasteiger partial charge in [0.05, 0.1) is 19.4 Å². The number of aromatic nitrogens is 5. The van der Waals surface area contributed by atoms with Crippen LogP contribution < -0.4 is 21.2 Å². The maximum Gasteiger partial charge on any atom is 0.294 e. The second-order valence-electron chi connectivity index (χ2n) is 6.55. The van der Waals surface area contributed by atoms with E-state index in [0.29, 0.717) is 31.0 Å². The van der Waals surface area contributed by atoms with Crippen LogP contribution in [0.2, 0.25) is 0 Å². The summed E-state index contributed by atoms with van der Waals surface area (Å²) < 4.78 is 11.4. The molecule has 1 aliphatic heterocycles. The second-order valence-corrected chi connectivity index (χ2v) is 6.55. The first-order valence-electron chi connectivity index (χ1n) is 9.17. The van der Waals surface area contributed by atoms with Gasteiger partial charge in [-0.3, -0.25) is 4.79 Å². The number of morpholine rings is 1. The maximum absolute atomic E-state index is 12.7. The highest BCUT2D eigenvalue weighted by molar-refractivity contribution is 5.94. The maximum atomic E-state index is 12.7. The Morgan fingerprint density at radius 3 is 2.87 bits per heavy atom. The molecule has 0 unspecified atom stereocenters. The van der Waals surface area contributed by atoms with Gasteiger partial charge < -0.3 is 20.5 Å². The molecule has 1 fully saturated rings. The number of hydrogen-bond acceptors (Lipinski definition) is 10. The van der Waals surface area contributed by atoms with Crippen molar-refractivity contribution in [3.05, 3.63) is 41.2 Å². The smallest absolute Gasteiger partial charge is 0.294 e. The van der Waals surface area contributed by atoms with Crippen LogP contribution in [0, 0.1) is 0 Å². The van der Waals surface area contributed by atoms with Crippen LogP contribution in [0.3, 0.4) is 0 Å². The number of benzene rings is 1. The number of nitrogens with one attached hydrogen (secondary N) is 2. The van der Waals surface area contributed by atoms with E-state index >= 15 is 0 Å². The molecule has 156 valence electrons. The minimum Gasteiger partial charge on any atom is -0.872 e. The lowest BCUT2D eigenvalue weighted by Gasteiger charge is -2.23. The third-order valence-electron chi connectivity index (χ3n) is 4.58. The first-order chi connectivity index (χ1) is 14.6. The lowest BCUT2D eigenvalue weighted by molar-refractivity contribution is -0.921. The number of hydrogen-bond donors (Lipinski definition) is 3. The fourth-order valence-electron chi connectivity index (χ4n) is 3.02. The molecule has 13 nitrogen and oxygen atoms in total. The Bertz CT molecular complexity index is 1060. The highest BCUT2D eigenvalue weighted by Gasteiger charge is 2.28. The highest BCUT2D eigenvalue weighted by Crippen LogP contribution is 2.15. The normalized spacial score (nSPS) is 14.9. The number of quaternary nitrogens is 1. The summed E-state index contributed by atoms with van der Waals surface area (Å²) in [6.45, 7) is 3.18. The van der Waals surface area contributed by atoms with Gasteiger partial charge in [0.15, 0.2) is 5.69 Å². The highest BCUT2D eigenvalue weighted by atomic mass is 16.6. The number of nitrogens with two attached hydrogens (primary N) is 1. The number of nitrogen functional groups attached to an aromatic ring is 1. The first-order valence-corrected chi connectivity index (χ1v) is 9.17. The van der Waals surface area contributed by atoms with E-state index in [1.54, 1.807) is 18.2 Å². The van der Waals surface area contributed by atoms with Crippen LogP contribution in [0.15, 0.2) is 34.0 Å². The van der Waals surface area contributed by atoms with Crippen LogP contribution in [-0.2, 0) is 11.3 Å². The van der Waals surface area contributed by atoms with Gasteiger partial charge >= 0.3 is 0 Å². The molecule has 1 aromatic carbocycles. The van der Waals surface area contributed by atoms with Crippen molar-refractivity contribution in [3.8, 4) is 11.6 Å². The van der Waals surface area contributed by atoms with Crippen molar-refractivity contribution in [1.29, 1.82) is 0 Å². The lowest BCUT2D eigenvalue weighted by Crippen LogP contribution is -3.12. The molecule has 0 aliphatic carbocycles. The lowest BCUT2D eigenvalue weighted by atomic mass is 10.2. The number of rotatable bonds is 6. The van der Waals surface area contributed by atoms with E-state index < -0.39 is 5.91 Å². The van der Waals surface area contributed by atoms with E-state index in [-0.39, 0.29) is 23.1 Å². The molecule has 2 aromatic heterocycles. The summed E-state index contributed by atoms with van der Waals surface area (Å²) in [6, 6.07) is 6.34. The van der Waals surface area contributed by atoms with Crippen LogP contribution in [0.4, 0.5) is 5.82 Å². The molecule has 0 spiro atoms. The molecule has 0 atom stereocenters. The minimum absolute atomic E-state index is 0.0233. The average Bonchev–Trinajstić information content (AvgIpc) is 3.36. The van der Waals surface area contributed by atoms with Crippen LogP contribution in [0.1, 0.15) is 21.7 Å². The number of amides is 1. The van der Waals surface area contributed by atoms with Gasteiger partial charge in [-0.15, -0.1) is 5.10 Å². The summed E-state index contributed by atoms with van der Waals surface area (Å²) in [7, 11) is 0. The van der Waals surface area contributed by atoms with E-state index in [2.05, 4.69) is 35.8 Å². The molecule has 1 saturated heterocycles. The quantitative estimate of drug-likeness (QED) is 0.291. The molecule has 13 heteroatoms. The number of anilines is 1. The summed E-state index contributed by atoms with van der Waals surface area (Å²) in [5, 5.41) is 30.9. The molecule has 1 amide bonds. The summed E-state index contributed by atoms with van der Waals surface area (Å²) in [6.07, 6.45) is 1.27. The average molecular weight is 413 g/mol. The predicted octanol–water partition coefficient (Wildman–Crippen LogP) is -2.51. The SMILES string of the molecule is Nc1nonc1-n1nnc(C(=O)N/N=C/c2ccccc2[O-])c1C[NH+]1CCOCC1. The monoisotopic (exact) mass is 413 g/mol. The number of hydrazone groups is 1. The Balaban J connectivity index is 1.58. The van der Waals surface area contributed by atoms with Crippen molar-refractivity contribution in [2.75, 3.05) is 32.0 Å². The Kier molecular flexibility index (Phi) is 5.63. The zero-order chi connectivity index (χ0) is 20.9. The van der Waals surface area contributed by atoms with Gasteiger partial charge in [-0.25, -0.2) is 10.1 Å². The Morgan fingerprint density at radius 1 is 1.33 bits per heavy atom. The summed E-state index contributed by atoms with van der Waals surface area (Å²) >= 11 is 0. The molecule has 3 heterocycles. The van der Waals surface area contributed by atoms with Crippen LogP contribution in [0.25, 0.3) is 5.82 Å². The van der Waals surface area contributed by atoms with Crippen molar-refractivity contribution in [2.45, 2.75) is 6.54 Å². The van der Waals surface area contributed by atoms with E-state index in [1.165, 1.54) is 21.9 Å². The fraction of sp³-hybridized carbons (Fsp3) is 0.294. The third kappa shape index (κ3) is 4.11. The number of carbonyl (C=O) groups is 1.